The number of hydrogen-bond donors (Lipinski definition) is 2. The van der Waals surface area contributed by atoms with E-state index in [2.05, 4.69) is 10.0 Å². The molecule has 0 bridgehead atoms. The summed E-state index contributed by atoms with van der Waals surface area (Å²) in [5.41, 5.74) is 1.65. The molecule has 33 heavy (non-hydrogen) atoms. The molecule has 2 N–H and O–H groups in total. The number of carbonyl (C=O) groups is 1. The molecule has 0 radical (unpaired) electrons. The van der Waals surface area contributed by atoms with Crippen molar-refractivity contribution in [3.05, 3.63) is 94.0 Å². The van der Waals surface area contributed by atoms with E-state index in [1.165, 1.54) is 18.2 Å². The second-order valence-electron chi connectivity index (χ2n) is 7.44. The van der Waals surface area contributed by atoms with Gasteiger partial charge in [0.1, 0.15) is 16.7 Å². The quantitative estimate of drug-likeness (QED) is 0.437. The zero-order chi connectivity index (χ0) is 24.0. The fraction of sp³-hybridized carbons (Fsp3) is 0.208. The summed E-state index contributed by atoms with van der Waals surface area (Å²) >= 11 is 12.1. The van der Waals surface area contributed by atoms with Gasteiger partial charge in [0.2, 0.25) is 15.9 Å². The molecule has 3 aromatic rings. The third-order valence-corrected chi connectivity index (χ3v) is 7.24. The minimum absolute atomic E-state index is 0.0115. The van der Waals surface area contributed by atoms with Gasteiger partial charge in [0.05, 0.1) is 18.2 Å². The van der Waals surface area contributed by atoms with Crippen LogP contribution in [0.15, 0.2) is 77.7 Å². The summed E-state index contributed by atoms with van der Waals surface area (Å²) in [5, 5.41) is 3.12. The second kappa shape index (κ2) is 11.0. The van der Waals surface area contributed by atoms with E-state index in [9.17, 15) is 13.2 Å². The highest BCUT2D eigenvalue weighted by molar-refractivity contribution is 7.89. The molecular formula is C24H24Cl2N2O4S. The topological polar surface area (TPSA) is 84.5 Å². The first-order valence-electron chi connectivity index (χ1n) is 10.1. The van der Waals surface area contributed by atoms with E-state index in [1.807, 2.05) is 49.4 Å². The first-order valence-corrected chi connectivity index (χ1v) is 12.4. The highest BCUT2D eigenvalue weighted by Gasteiger charge is 2.28. The number of methoxy groups -OCH3 is 1. The first kappa shape index (κ1) is 25.1. The number of sulfonamides is 1. The standard InChI is InChI=1S/C24H24Cl2N2O4S/c1-16(18-8-11-20(32-2)12-9-18)27-24(29)22(14-17-6-4-3-5-7-17)28-33(30,31)23-15-19(25)10-13-21(23)26/h3-13,15-16,22,28H,14H2,1-2H3,(H,27,29)/t16-,22+/m1/s1. The van der Waals surface area contributed by atoms with Crippen molar-refractivity contribution in [2.75, 3.05) is 7.11 Å². The number of carbonyl (C=O) groups excluding carboxylic acids is 1. The van der Waals surface area contributed by atoms with Gasteiger partial charge < -0.3 is 10.1 Å². The van der Waals surface area contributed by atoms with Crippen LogP contribution in [0.5, 0.6) is 5.75 Å². The van der Waals surface area contributed by atoms with Crippen molar-refractivity contribution in [2.24, 2.45) is 0 Å². The normalized spacial score (nSPS) is 13.2. The largest absolute Gasteiger partial charge is 0.497 e. The van der Waals surface area contributed by atoms with Crippen LogP contribution in [0, 0.1) is 0 Å². The maximum atomic E-state index is 13.2. The van der Waals surface area contributed by atoms with Gasteiger partial charge in [-0.1, -0.05) is 65.7 Å². The molecule has 1 amide bonds. The molecular weight excluding hydrogens is 483 g/mol. The molecule has 0 spiro atoms. The first-order chi connectivity index (χ1) is 15.7. The lowest BCUT2D eigenvalue weighted by Gasteiger charge is -2.22. The zero-order valence-electron chi connectivity index (χ0n) is 18.1. The lowest BCUT2D eigenvalue weighted by molar-refractivity contribution is -0.123. The third kappa shape index (κ3) is 6.71. The van der Waals surface area contributed by atoms with E-state index in [1.54, 1.807) is 19.2 Å². The highest BCUT2D eigenvalue weighted by Crippen LogP contribution is 2.25. The average molecular weight is 507 g/mol. The fourth-order valence-electron chi connectivity index (χ4n) is 3.26. The SMILES string of the molecule is COc1ccc([C@@H](C)NC(=O)[C@H](Cc2ccccc2)NS(=O)(=O)c2cc(Cl)ccc2Cl)cc1. The van der Waals surface area contributed by atoms with Crippen LogP contribution in [-0.4, -0.2) is 27.5 Å². The van der Waals surface area contributed by atoms with Crippen LogP contribution < -0.4 is 14.8 Å². The molecule has 0 aliphatic heterocycles. The smallest absolute Gasteiger partial charge is 0.242 e. The molecule has 0 aromatic heterocycles. The number of hydrogen-bond acceptors (Lipinski definition) is 4. The Morgan fingerprint density at radius 1 is 1.00 bits per heavy atom. The van der Waals surface area contributed by atoms with Crippen LogP contribution in [0.25, 0.3) is 0 Å². The molecule has 0 heterocycles. The molecule has 0 fully saturated rings. The molecule has 0 aliphatic rings. The van der Waals surface area contributed by atoms with Crippen molar-refractivity contribution < 1.29 is 17.9 Å². The monoisotopic (exact) mass is 506 g/mol. The van der Waals surface area contributed by atoms with Gasteiger partial charge in [0, 0.05) is 5.02 Å². The number of nitrogens with one attached hydrogen (secondary N) is 2. The molecule has 0 saturated carbocycles. The molecule has 0 unspecified atom stereocenters. The maximum absolute atomic E-state index is 13.2. The fourth-order valence-corrected chi connectivity index (χ4v) is 5.22. The van der Waals surface area contributed by atoms with Crippen molar-refractivity contribution >= 4 is 39.1 Å². The number of amides is 1. The van der Waals surface area contributed by atoms with Crippen molar-refractivity contribution in [1.29, 1.82) is 0 Å². The van der Waals surface area contributed by atoms with Crippen LogP contribution in [-0.2, 0) is 21.2 Å². The van der Waals surface area contributed by atoms with E-state index in [0.717, 1.165) is 11.1 Å². The van der Waals surface area contributed by atoms with Crippen molar-refractivity contribution in [3.63, 3.8) is 0 Å². The Hall–Kier alpha value is -2.58. The van der Waals surface area contributed by atoms with Crippen LogP contribution in [0.2, 0.25) is 10.0 Å². The van der Waals surface area contributed by atoms with Gasteiger partial charge in [-0.2, -0.15) is 4.72 Å². The summed E-state index contributed by atoms with van der Waals surface area (Å²) in [4.78, 5) is 13.0. The summed E-state index contributed by atoms with van der Waals surface area (Å²) in [6, 6.07) is 19.1. The molecule has 3 rings (SSSR count). The minimum atomic E-state index is -4.13. The Morgan fingerprint density at radius 3 is 2.30 bits per heavy atom. The van der Waals surface area contributed by atoms with Crippen LogP contribution in [0.4, 0.5) is 0 Å². The van der Waals surface area contributed by atoms with Crippen LogP contribution >= 0.6 is 23.2 Å². The molecule has 6 nitrogen and oxygen atoms in total. The summed E-state index contributed by atoms with van der Waals surface area (Å²) < 4.78 is 33.8. The third-order valence-electron chi connectivity index (χ3n) is 5.05. The lowest BCUT2D eigenvalue weighted by atomic mass is 10.0. The second-order valence-corrected chi connectivity index (χ2v) is 9.97. The molecule has 0 aliphatic carbocycles. The average Bonchev–Trinajstić information content (AvgIpc) is 2.80. The highest BCUT2D eigenvalue weighted by atomic mass is 35.5. The van der Waals surface area contributed by atoms with Gasteiger partial charge in [0.25, 0.3) is 0 Å². The van der Waals surface area contributed by atoms with Gasteiger partial charge >= 0.3 is 0 Å². The van der Waals surface area contributed by atoms with Crippen LogP contribution in [0.3, 0.4) is 0 Å². The Kier molecular flexibility index (Phi) is 8.37. The van der Waals surface area contributed by atoms with Crippen molar-refractivity contribution in [1.82, 2.24) is 10.0 Å². The summed E-state index contributed by atoms with van der Waals surface area (Å²) in [5.74, 6) is 0.231. The van der Waals surface area contributed by atoms with E-state index in [0.29, 0.717) is 5.75 Å². The lowest BCUT2D eigenvalue weighted by Crippen LogP contribution is -2.48. The molecule has 2 atom stereocenters. The van der Waals surface area contributed by atoms with Gasteiger partial charge in [-0.3, -0.25) is 4.79 Å². The molecule has 9 heteroatoms. The Bertz CT molecular complexity index is 1200. The molecule has 174 valence electrons. The summed E-state index contributed by atoms with van der Waals surface area (Å²) in [6.45, 7) is 1.82. The summed E-state index contributed by atoms with van der Waals surface area (Å²) in [6.07, 6.45) is 0.152. The van der Waals surface area contributed by atoms with Gasteiger partial charge in [-0.15, -0.1) is 0 Å². The van der Waals surface area contributed by atoms with E-state index >= 15 is 0 Å². The Morgan fingerprint density at radius 2 is 1.67 bits per heavy atom. The predicted molar refractivity (Wildman–Crippen MR) is 130 cm³/mol. The number of rotatable bonds is 9. The van der Waals surface area contributed by atoms with Gasteiger partial charge in [0.15, 0.2) is 0 Å². The minimum Gasteiger partial charge on any atom is -0.497 e. The van der Waals surface area contributed by atoms with E-state index in [4.69, 9.17) is 27.9 Å². The van der Waals surface area contributed by atoms with Crippen molar-refractivity contribution in [3.8, 4) is 5.75 Å². The van der Waals surface area contributed by atoms with Crippen LogP contribution in [0.1, 0.15) is 24.1 Å². The predicted octanol–water partition coefficient (Wildman–Crippen LogP) is 4.77. The van der Waals surface area contributed by atoms with Crippen molar-refractivity contribution in [2.45, 2.75) is 30.3 Å². The number of ether oxygens (including phenoxy) is 1. The summed E-state index contributed by atoms with van der Waals surface area (Å²) in [7, 11) is -2.55. The maximum Gasteiger partial charge on any atom is 0.242 e. The van der Waals surface area contributed by atoms with Gasteiger partial charge in [-0.05, 0) is 54.8 Å². The Balaban J connectivity index is 1.85. The van der Waals surface area contributed by atoms with Gasteiger partial charge in [-0.25, -0.2) is 8.42 Å². The molecule has 3 aromatic carbocycles. The Labute approximate surface area is 203 Å². The molecule has 0 saturated heterocycles. The number of halogens is 2. The number of benzene rings is 3. The zero-order valence-corrected chi connectivity index (χ0v) is 20.4. The van der Waals surface area contributed by atoms with E-state index < -0.39 is 22.0 Å². The van der Waals surface area contributed by atoms with E-state index in [-0.39, 0.29) is 27.4 Å².